The van der Waals surface area contributed by atoms with E-state index < -0.39 is 0 Å². The zero-order valence-electron chi connectivity index (χ0n) is 9.87. The van der Waals surface area contributed by atoms with Crippen LogP contribution >= 0.6 is 38.9 Å². The number of thiophene rings is 1. The van der Waals surface area contributed by atoms with Gasteiger partial charge in [-0.15, -0.1) is 22.9 Å². The molecule has 2 rings (SSSR count). The van der Waals surface area contributed by atoms with Crippen LogP contribution < -0.4 is 0 Å². The van der Waals surface area contributed by atoms with Crippen molar-refractivity contribution >= 4 is 38.9 Å². The van der Waals surface area contributed by atoms with Gasteiger partial charge in [-0.1, -0.05) is 0 Å². The second-order valence-corrected chi connectivity index (χ2v) is 6.68. The molecule has 0 unspecified atom stereocenters. The van der Waals surface area contributed by atoms with Crippen molar-refractivity contribution in [3.63, 3.8) is 0 Å². The van der Waals surface area contributed by atoms with Crippen molar-refractivity contribution in [1.29, 1.82) is 0 Å². The molecule has 1 aliphatic heterocycles. The van der Waals surface area contributed by atoms with Crippen molar-refractivity contribution in [1.82, 2.24) is 9.80 Å². The van der Waals surface area contributed by atoms with Crippen molar-refractivity contribution < 1.29 is 0 Å². The van der Waals surface area contributed by atoms with E-state index in [-0.39, 0.29) is 0 Å². The largest absolute Gasteiger partial charge is 0.301 e. The van der Waals surface area contributed by atoms with Gasteiger partial charge >= 0.3 is 0 Å². The van der Waals surface area contributed by atoms with E-state index in [1.54, 1.807) is 0 Å². The molecule has 0 atom stereocenters. The number of alkyl halides is 1. The summed E-state index contributed by atoms with van der Waals surface area (Å²) in [7, 11) is 0. The molecule has 0 N–H and O–H groups in total. The SMILES string of the molecule is ClCCN1CCCN(Cc2cc(Br)cs2)CC1. The van der Waals surface area contributed by atoms with Gasteiger partial charge in [-0.3, -0.25) is 4.90 Å². The van der Waals surface area contributed by atoms with Crippen LogP contribution in [-0.2, 0) is 6.54 Å². The number of nitrogens with zero attached hydrogens (tertiary/aromatic N) is 2. The van der Waals surface area contributed by atoms with Gasteiger partial charge < -0.3 is 4.90 Å². The number of hydrogen-bond acceptors (Lipinski definition) is 3. The topological polar surface area (TPSA) is 6.48 Å². The average molecular weight is 338 g/mol. The number of halogens is 2. The molecule has 1 aromatic rings. The van der Waals surface area contributed by atoms with E-state index in [4.69, 9.17) is 11.6 Å². The second-order valence-electron chi connectivity index (χ2n) is 4.39. The molecule has 5 heteroatoms. The first kappa shape index (κ1) is 13.8. The molecule has 1 saturated heterocycles. The summed E-state index contributed by atoms with van der Waals surface area (Å²) in [5.74, 6) is 0.748. The van der Waals surface area contributed by atoms with Gasteiger partial charge in [-0.2, -0.15) is 0 Å². The Balaban J connectivity index is 1.82. The molecule has 0 amide bonds. The van der Waals surface area contributed by atoms with Crippen molar-refractivity contribution in [3.8, 4) is 0 Å². The Morgan fingerprint density at radius 2 is 2.00 bits per heavy atom. The zero-order chi connectivity index (χ0) is 12.1. The molecule has 0 aromatic carbocycles. The van der Waals surface area contributed by atoms with E-state index in [0.29, 0.717) is 0 Å². The third kappa shape index (κ3) is 4.52. The van der Waals surface area contributed by atoms with Crippen molar-refractivity contribution in [2.24, 2.45) is 0 Å². The summed E-state index contributed by atoms with van der Waals surface area (Å²) in [4.78, 5) is 6.46. The van der Waals surface area contributed by atoms with E-state index in [1.807, 2.05) is 11.3 Å². The van der Waals surface area contributed by atoms with Crippen LogP contribution in [0.2, 0.25) is 0 Å². The van der Waals surface area contributed by atoms with E-state index in [9.17, 15) is 0 Å². The van der Waals surface area contributed by atoms with Crippen LogP contribution in [0.1, 0.15) is 11.3 Å². The molecular formula is C12H18BrClN2S. The minimum Gasteiger partial charge on any atom is -0.301 e. The van der Waals surface area contributed by atoms with Gasteiger partial charge in [0.15, 0.2) is 0 Å². The van der Waals surface area contributed by atoms with Gasteiger partial charge in [0.25, 0.3) is 0 Å². The summed E-state index contributed by atoms with van der Waals surface area (Å²) in [6, 6.07) is 2.23. The van der Waals surface area contributed by atoms with Crippen LogP contribution in [0.5, 0.6) is 0 Å². The number of rotatable bonds is 4. The summed E-state index contributed by atoms with van der Waals surface area (Å²) in [5.41, 5.74) is 0. The highest BCUT2D eigenvalue weighted by molar-refractivity contribution is 9.10. The average Bonchev–Trinajstić information content (AvgIpc) is 2.58. The van der Waals surface area contributed by atoms with Crippen molar-refractivity contribution in [2.45, 2.75) is 13.0 Å². The first-order valence-electron chi connectivity index (χ1n) is 6.01. The fraction of sp³-hybridized carbons (Fsp3) is 0.667. The van der Waals surface area contributed by atoms with E-state index in [1.165, 1.54) is 28.9 Å². The molecule has 0 bridgehead atoms. The lowest BCUT2D eigenvalue weighted by molar-refractivity contribution is 0.259. The molecule has 0 spiro atoms. The Kier molecular flexibility index (Phi) is 5.77. The highest BCUT2D eigenvalue weighted by atomic mass is 79.9. The van der Waals surface area contributed by atoms with Crippen molar-refractivity contribution in [2.75, 3.05) is 38.6 Å². The molecule has 2 nitrogen and oxygen atoms in total. The molecule has 1 aliphatic rings. The molecule has 96 valence electrons. The molecule has 0 radical (unpaired) electrons. The molecule has 0 saturated carbocycles. The summed E-state index contributed by atoms with van der Waals surface area (Å²) < 4.78 is 1.20. The molecule has 17 heavy (non-hydrogen) atoms. The van der Waals surface area contributed by atoms with Crippen LogP contribution in [0.15, 0.2) is 15.9 Å². The Labute approximate surface area is 121 Å². The fourth-order valence-electron chi connectivity index (χ4n) is 2.18. The molecule has 2 heterocycles. The maximum Gasteiger partial charge on any atom is 0.0351 e. The van der Waals surface area contributed by atoms with Crippen LogP contribution in [0, 0.1) is 0 Å². The van der Waals surface area contributed by atoms with E-state index in [0.717, 1.165) is 32.1 Å². The zero-order valence-corrected chi connectivity index (χ0v) is 13.0. The molecular weight excluding hydrogens is 320 g/mol. The minimum absolute atomic E-state index is 0.748. The standard InChI is InChI=1S/C12H18BrClN2S/c13-11-8-12(17-10-11)9-16-4-1-3-15(5-2-14)6-7-16/h8,10H,1-7,9H2. The monoisotopic (exact) mass is 336 g/mol. The lowest BCUT2D eigenvalue weighted by atomic mass is 10.3. The van der Waals surface area contributed by atoms with Crippen LogP contribution in [0.25, 0.3) is 0 Å². The van der Waals surface area contributed by atoms with Crippen LogP contribution in [0.4, 0.5) is 0 Å². The van der Waals surface area contributed by atoms with Crippen molar-refractivity contribution in [3.05, 3.63) is 20.8 Å². The minimum atomic E-state index is 0.748. The molecule has 1 aromatic heterocycles. The summed E-state index contributed by atoms with van der Waals surface area (Å²) in [6.07, 6.45) is 1.25. The lowest BCUT2D eigenvalue weighted by Gasteiger charge is -2.20. The van der Waals surface area contributed by atoms with Gasteiger partial charge in [0.05, 0.1) is 0 Å². The Morgan fingerprint density at radius 1 is 1.24 bits per heavy atom. The fourth-order valence-corrected chi connectivity index (χ4v) is 3.91. The summed E-state index contributed by atoms with van der Waals surface area (Å²) >= 11 is 11.1. The molecule has 1 fully saturated rings. The smallest absolute Gasteiger partial charge is 0.0351 e. The quantitative estimate of drug-likeness (QED) is 0.778. The van der Waals surface area contributed by atoms with E-state index >= 15 is 0 Å². The second kappa shape index (κ2) is 7.10. The Morgan fingerprint density at radius 3 is 2.71 bits per heavy atom. The highest BCUT2D eigenvalue weighted by Gasteiger charge is 2.14. The normalized spacial score (nSPS) is 19.4. The maximum atomic E-state index is 5.80. The highest BCUT2D eigenvalue weighted by Crippen LogP contribution is 2.21. The number of hydrogen-bond donors (Lipinski definition) is 0. The van der Waals surface area contributed by atoms with Gasteiger partial charge in [-0.05, 0) is 41.5 Å². The predicted molar refractivity (Wildman–Crippen MR) is 79.1 cm³/mol. The van der Waals surface area contributed by atoms with E-state index in [2.05, 4.69) is 37.2 Å². The third-order valence-electron chi connectivity index (χ3n) is 3.08. The molecule has 0 aliphatic carbocycles. The first-order chi connectivity index (χ1) is 8.28. The van der Waals surface area contributed by atoms with Gasteiger partial charge in [0, 0.05) is 46.8 Å². The van der Waals surface area contributed by atoms with Gasteiger partial charge in [0.1, 0.15) is 0 Å². The Hall–Kier alpha value is 0.390. The summed E-state index contributed by atoms with van der Waals surface area (Å²) in [6.45, 7) is 6.82. The van der Waals surface area contributed by atoms with Gasteiger partial charge in [0.2, 0.25) is 0 Å². The van der Waals surface area contributed by atoms with Gasteiger partial charge in [-0.25, -0.2) is 0 Å². The predicted octanol–water partition coefficient (Wildman–Crippen LogP) is 3.26. The first-order valence-corrected chi connectivity index (χ1v) is 8.22. The lowest BCUT2D eigenvalue weighted by Crippen LogP contribution is -2.31. The third-order valence-corrected chi connectivity index (χ3v) is 4.93. The maximum absolute atomic E-state index is 5.80. The Bertz CT molecular complexity index is 345. The van der Waals surface area contributed by atoms with Crippen LogP contribution in [0.3, 0.4) is 0 Å². The summed E-state index contributed by atoms with van der Waals surface area (Å²) in [5, 5.41) is 2.16. The van der Waals surface area contributed by atoms with Crippen LogP contribution in [-0.4, -0.2) is 48.4 Å².